The Bertz CT molecular complexity index is 1670. The average molecular weight is 475 g/mol. The van der Waals surface area contributed by atoms with Gasteiger partial charge in [-0.1, -0.05) is 24.3 Å². The number of carbonyl (C=O) groups excluding carboxylic acids is 2. The Morgan fingerprint density at radius 1 is 0.941 bits per heavy atom. The van der Waals surface area contributed by atoms with E-state index >= 15 is 0 Å². The molecule has 0 radical (unpaired) electrons. The zero-order valence-corrected chi connectivity index (χ0v) is 18.5. The van der Waals surface area contributed by atoms with Crippen LogP contribution >= 0.6 is 0 Å². The van der Waals surface area contributed by atoms with Gasteiger partial charge in [-0.2, -0.15) is 0 Å². The van der Waals surface area contributed by atoms with Gasteiger partial charge in [0.1, 0.15) is 5.69 Å². The summed E-state index contributed by atoms with van der Waals surface area (Å²) in [6.45, 7) is 0. The van der Waals surface area contributed by atoms with E-state index in [0.717, 1.165) is 6.26 Å². The molecule has 11 heteroatoms. The van der Waals surface area contributed by atoms with Crippen LogP contribution in [0.4, 0.5) is 0 Å². The quantitative estimate of drug-likeness (QED) is 0.381. The third-order valence-electron chi connectivity index (χ3n) is 5.09. The smallest absolute Gasteiger partial charge is 0.290 e. The van der Waals surface area contributed by atoms with Crippen LogP contribution in [-0.2, 0) is 9.84 Å². The molecule has 1 aromatic carbocycles. The number of hydrazine groups is 1. The number of sulfone groups is 1. The molecule has 0 aliphatic rings. The van der Waals surface area contributed by atoms with Crippen LogP contribution in [-0.4, -0.2) is 40.9 Å². The number of para-hydroxylation sites is 1. The molecule has 0 spiro atoms. The fraction of sp³-hybridized carbons (Fsp3) is 0.0435. The summed E-state index contributed by atoms with van der Waals surface area (Å²) in [6, 6.07) is 16.9. The van der Waals surface area contributed by atoms with Crippen molar-refractivity contribution < 1.29 is 22.4 Å². The molecule has 0 fully saturated rings. The number of nitrogens with zero attached hydrogens (tertiary/aromatic N) is 3. The predicted octanol–water partition coefficient (Wildman–Crippen LogP) is 2.62. The van der Waals surface area contributed by atoms with Gasteiger partial charge >= 0.3 is 0 Å². The minimum Gasteiger partial charge on any atom is -0.463 e. The average Bonchev–Trinajstić information content (AvgIpc) is 3.50. The van der Waals surface area contributed by atoms with Gasteiger partial charge in [0.25, 0.3) is 11.8 Å². The third kappa shape index (κ3) is 3.77. The van der Waals surface area contributed by atoms with E-state index in [0.29, 0.717) is 22.4 Å². The van der Waals surface area contributed by atoms with Gasteiger partial charge in [-0.15, -0.1) is 0 Å². The Morgan fingerprint density at radius 2 is 1.71 bits per heavy atom. The lowest BCUT2D eigenvalue weighted by molar-refractivity contribution is 0.0846. The van der Waals surface area contributed by atoms with Crippen molar-refractivity contribution in [2.24, 2.45) is 0 Å². The fourth-order valence-electron chi connectivity index (χ4n) is 3.59. The molecule has 34 heavy (non-hydrogen) atoms. The summed E-state index contributed by atoms with van der Waals surface area (Å²) < 4.78 is 30.9. The molecule has 2 N–H and O–H groups in total. The number of carbonyl (C=O) groups is 2. The molecule has 170 valence electrons. The number of nitrogens with one attached hydrogen (secondary N) is 2. The highest BCUT2D eigenvalue weighted by Gasteiger charge is 2.23. The molecule has 4 aromatic heterocycles. The SMILES string of the molecule is CS(=O)(=O)c1nc(C(=O)NNC(=O)c2cc(-c3ccco3)nc3ccccc23)c2ccccn12. The topological polar surface area (TPSA) is 136 Å². The van der Waals surface area contributed by atoms with Crippen LogP contribution in [0.3, 0.4) is 0 Å². The number of benzene rings is 1. The summed E-state index contributed by atoms with van der Waals surface area (Å²) in [5, 5.41) is 0.305. The molecular weight excluding hydrogens is 458 g/mol. The van der Waals surface area contributed by atoms with Gasteiger partial charge in [-0.05, 0) is 36.4 Å². The first-order chi connectivity index (χ1) is 16.3. The van der Waals surface area contributed by atoms with Gasteiger partial charge < -0.3 is 4.42 Å². The molecule has 0 saturated carbocycles. The largest absolute Gasteiger partial charge is 0.463 e. The van der Waals surface area contributed by atoms with Crippen molar-refractivity contribution >= 4 is 38.1 Å². The van der Waals surface area contributed by atoms with Gasteiger partial charge in [-0.25, -0.2) is 18.4 Å². The van der Waals surface area contributed by atoms with Crippen LogP contribution in [0, 0.1) is 0 Å². The van der Waals surface area contributed by atoms with E-state index in [2.05, 4.69) is 20.8 Å². The Balaban J connectivity index is 1.46. The molecular formula is C23H17N5O5S. The maximum Gasteiger partial charge on any atom is 0.290 e. The summed E-state index contributed by atoms with van der Waals surface area (Å²) in [5.74, 6) is -0.871. The van der Waals surface area contributed by atoms with Crippen LogP contribution in [0.25, 0.3) is 27.9 Å². The highest BCUT2D eigenvalue weighted by Crippen LogP contribution is 2.25. The predicted molar refractivity (Wildman–Crippen MR) is 123 cm³/mol. The molecule has 0 saturated heterocycles. The van der Waals surface area contributed by atoms with Crippen molar-refractivity contribution in [3.63, 3.8) is 0 Å². The van der Waals surface area contributed by atoms with Crippen molar-refractivity contribution in [1.82, 2.24) is 25.2 Å². The lowest BCUT2D eigenvalue weighted by Gasteiger charge is -2.10. The maximum absolute atomic E-state index is 13.0. The van der Waals surface area contributed by atoms with Crippen LogP contribution in [0.2, 0.25) is 0 Å². The molecule has 5 rings (SSSR count). The first kappa shape index (κ1) is 21.3. The lowest BCUT2D eigenvalue weighted by Crippen LogP contribution is -2.42. The number of hydrogen-bond acceptors (Lipinski definition) is 7. The molecule has 0 aliphatic heterocycles. The van der Waals surface area contributed by atoms with E-state index in [9.17, 15) is 18.0 Å². The van der Waals surface area contributed by atoms with E-state index in [1.807, 2.05) is 0 Å². The van der Waals surface area contributed by atoms with Gasteiger partial charge in [0.2, 0.25) is 15.0 Å². The molecule has 0 atom stereocenters. The highest BCUT2D eigenvalue weighted by molar-refractivity contribution is 7.90. The monoisotopic (exact) mass is 475 g/mol. The third-order valence-corrected chi connectivity index (χ3v) is 6.04. The zero-order valence-electron chi connectivity index (χ0n) is 17.7. The number of rotatable bonds is 4. The number of aromatic nitrogens is 3. The molecule has 4 heterocycles. The van der Waals surface area contributed by atoms with Crippen molar-refractivity contribution in [3.05, 3.63) is 84.4 Å². The van der Waals surface area contributed by atoms with Crippen molar-refractivity contribution in [1.29, 1.82) is 0 Å². The number of furan rings is 1. The molecule has 0 bridgehead atoms. The molecule has 10 nitrogen and oxygen atoms in total. The first-order valence-corrected chi connectivity index (χ1v) is 11.9. The summed E-state index contributed by atoms with van der Waals surface area (Å²) in [7, 11) is -3.70. The van der Waals surface area contributed by atoms with E-state index in [-0.39, 0.29) is 21.9 Å². The molecule has 0 aliphatic carbocycles. The Labute approximate surface area is 193 Å². The summed E-state index contributed by atoms with van der Waals surface area (Å²) >= 11 is 0. The Morgan fingerprint density at radius 3 is 2.47 bits per heavy atom. The number of imidazole rings is 1. The number of amides is 2. The van der Waals surface area contributed by atoms with Gasteiger partial charge in [-0.3, -0.25) is 24.8 Å². The Kier molecular flexibility index (Phi) is 5.10. The van der Waals surface area contributed by atoms with Crippen molar-refractivity contribution in [3.8, 4) is 11.5 Å². The molecule has 5 aromatic rings. The van der Waals surface area contributed by atoms with Crippen LogP contribution in [0.5, 0.6) is 0 Å². The van der Waals surface area contributed by atoms with Crippen LogP contribution in [0.15, 0.2) is 82.7 Å². The summed E-state index contributed by atoms with van der Waals surface area (Å²) in [6.07, 6.45) is 4.00. The standard InChI is InChI=1S/C23H17N5O5S/c1-34(31,32)23-25-20(18-9-4-5-11-28(18)23)22(30)27-26-21(29)15-13-17(19-10-6-12-33-19)24-16-8-3-2-7-14(15)16/h2-13H,1H3,(H,26,29)(H,27,30). The second-order valence-electron chi connectivity index (χ2n) is 7.43. The zero-order chi connectivity index (χ0) is 23.9. The number of fused-ring (bicyclic) bond motifs is 2. The fourth-order valence-corrected chi connectivity index (χ4v) is 4.37. The van der Waals surface area contributed by atoms with Crippen molar-refractivity contribution in [2.75, 3.05) is 6.26 Å². The van der Waals surface area contributed by atoms with Crippen molar-refractivity contribution in [2.45, 2.75) is 5.16 Å². The minimum absolute atomic E-state index is 0.141. The van der Waals surface area contributed by atoms with Crippen LogP contribution in [0.1, 0.15) is 20.8 Å². The second kappa shape index (κ2) is 8.12. The van der Waals surface area contributed by atoms with E-state index in [1.165, 1.54) is 16.9 Å². The van der Waals surface area contributed by atoms with E-state index < -0.39 is 21.7 Å². The van der Waals surface area contributed by atoms with E-state index in [1.54, 1.807) is 60.7 Å². The molecule has 0 unspecified atom stereocenters. The number of pyridine rings is 2. The normalized spacial score (nSPS) is 11.6. The van der Waals surface area contributed by atoms with Gasteiger partial charge in [0.05, 0.1) is 22.9 Å². The molecule has 2 amide bonds. The van der Waals surface area contributed by atoms with Gasteiger partial charge in [0, 0.05) is 17.8 Å². The van der Waals surface area contributed by atoms with E-state index in [4.69, 9.17) is 4.42 Å². The number of hydrogen-bond donors (Lipinski definition) is 2. The first-order valence-electron chi connectivity index (χ1n) is 10.0. The van der Waals surface area contributed by atoms with Gasteiger partial charge in [0.15, 0.2) is 11.5 Å². The Hall–Kier alpha value is -4.51. The minimum atomic E-state index is -3.70. The second-order valence-corrected chi connectivity index (χ2v) is 9.34. The maximum atomic E-state index is 13.0. The highest BCUT2D eigenvalue weighted by atomic mass is 32.2. The lowest BCUT2D eigenvalue weighted by atomic mass is 10.1. The summed E-state index contributed by atoms with van der Waals surface area (Å²) in [5.41, 5.74) is 6.14. The van der Waals surface area contributed by atoms with Crippen LogP contribution < -0.4 is 10.9 Å². The summed E-state index contributed by atoms with van der Waals surface area (Å²) in [4.78, 5) is 34.4.